The number of hydrogen-bond acceptors (Lipinski definition) is 5. The van der Waals surface area contributed by atoms with Gasteiger partial charge >= 0.3 is 0 Å². The number of ether oxygens (including phenoxy) is 3. The van der Waals surface area contributed by atoms with Crippen molar-refractivity contribution in [3.63, 3.8) is 0 Å². The van der Waals surface area contributed by atoms with Crippen molar-refractivity contribution in [3.8, 4) is 17.4 Å². The van der Waals surface area contributed by atoms with E-state index in [4.69, 9.17) is 19.2 Å². The minimum Gasteiger partial charge on any atom is -0.497 e. The van der Waals surface area contributed by atoms with Gasteiger partial charge in [-0.3, -0.25) is 0 Å². The zero-order valence-corrected chi connectivity index (χ0v) is 18.8. The first kappa shape index (κ1) is 22.9. The Labute approximate surface area is 189 Å². The van der Waals surface area contributed by atoms with Crippen LogP contribution in [0, 0.1) is 0 Å². The van der Waals surface area contributed by atoms with Gasteiger partial charge in [0.2, 0.25) is 5.88 Å². The topological polar surface area (TPSA) is 77.0 Å². The summed E-state index contributed by atoms with van der Waals surface area (Å²) in [7, 11) is 3.29. The molecule has 0 bridgehead atoms. The molecule has 0 aliphatic heterocycles. The van der Waals surface area contributed by atoms with Crippen LogP contribution in [0.25, 0.3) is 0 Å². The van der Waals surface area contributed by atoms with Crippen LogP contribution in [0.2, 0.25) is 0 Å². The SMILES string of the molecule is CCNC(=NCc1cccnc1OCc1ccccc1)NCc1ccc(OC)cc1OC. The fraction of sp³-hybridized carbons (Fsp3) is 0.280. The zero-order valence-electron chi connectivity index (χ0n) is 18.8. The number of pyridine rings is 1. The van der Waals surface area contributed by atoms with E-state index in [-0.39, 0.29) is 0 Å². The Bertz CT molecular complexity index is 1010. The van der Waals surface area contributed by atoms with Crippen molar-refractivity contribution in [2.45, 2.75) is 26.6 Å². The molecule has 0 amide bonds. The summed E-state index contributed by atoms with van der Waals surface area (Å²) >= 11 is 0. The fourth-order valence-electron chi connectivity index (χ4n) is 3.08. The third-order valence-corrected chi connectivity index (χ3v) is 4.76. The molecule has 0 atom stereocenters. The quantitative estimate of drug-likeness (QED) is 0.372. The van der Waals surface area contributed by atoms with E-state index >= 15 is 0 Å². The van der Waals surface area contributed by atoms with Gasteiger partial charge in [0.1, 0.15) is 18.1 Å². The second-order valence-electron chi connectivity index (χ2n) is 6.97. The predicted octanol–water partition coefficient (Wildman–Crippen LogP) is 3.93. The molecule has 0 radical (unpaired) electrons. The second kappa shape index (κ2) is 12.2. The number of hydrogen-bond donors (Lipinski definition) is 2. The van der Waals surface area contributed by atoms with Crippen LogP contribution in [-0.2, 0) is 19.7 Å². The normalized spacial score (nSPS) is 11.0. The van der Waals surface area contributed by atoms with Gasteiger partial charge in [0.15, 0.2) is 5.96 Å². The first-order chi connectivity index (χ1) is 15.7. The highest BCUT2D eigenvalue weighted by Crippen LogP contribution is 2.24. The first-order valence-electron chi connectivity index (χ1n) is 10.6. The van der Waals surface area contributed by atoms with Gasteiger partial charge in [-0.1, -0.05) is 36.4 Å². The molecule has 1 heterocycles. The summed E-state index contributed by atoms with van der Waals surface area (Å²) in [5.41, 5.74) is 3.02. The third-order valence-electron chi connectivity index (χ3n) is 4.76. The zero-order chi connectivity index (χ0) is 22.6. The van der Waals surface area contributed by atoms with Gasteiger partial charge in [0.05, 0.1) is 20.8 Å². The average molecular weight is 435 g/mol. The Morgan fingerprint density at radius 1 is 0.938 bits per heavy atom. The van der Waals surface area contributed by atoms with Crippen LogP contribution in [0.5, 0.6) is 17.4 Å². The summed E-state index contributed by atoms with van der Waals surface area (Å²) in [6.07, 6.45) is 1.73. The smallest absolute Gasteiger partial charge is 0.218 e. The lowest BCUT2D eigenvalue weighted by Gasteiger charge is -2.15. The molecule has 7 nitrogen and oxygen atoms in total. The number of rotatable bonds is 10. The van der Waals surface area contributed by atoms with Crippen molar-refractivity contribution >= 4 is 5.96 Å². The van der Waals surface area contributed by atoms with E-state index in [9.17, 15) is 0 Å². The molecular weight excluding hydrogens is 404 g/mol. The maximum Gasteiger partial charge on any atom is 0.218 e. The molecule has 2 N–H and O–H groups in total. The number of guanidine groups is 1. The molecule has 2 aromatic carbocycles. The molecule has 32 heavy (non-hydrogen) atoms. The molecule has 3 rings (SSSR count). The molecular formula is C25H30N4O3. The van der Waals surface area contributed by atoms with Crippen molar-refractivity contribution in [2.24, 2.45) is 4.99 Å². The predicted molar refractivity (Wildman–Crippen MR) is 126 cm³/mol. The maximum atomic E-state index is 5.95. The highest BCUT2D eigenvalue weighted by Gasteiger charge is 2.08. The summed E-state index contributed by atoms with van der Waals surface area (Å²) < 4.78 is 16.7. The van der Waals surface area contributed by atoms with E-state index in [0.717, 1.165) is 34.7 Å². The van der Waals surface area contributed by atoms with Gasteiger partial charge in [0.25, 0.3) is 0 Å². The van der Waals surface area contributed by atoms with Crippen LogP contribution in [-0.4, -0.2) is 31.7 Å². The second-order valence-corrected chi connectivity index (χ2v) is 6.97. The molecule has 1 aromatic heterocycles. The first-order valence-corrected chi connectivity index (χ1v) is 10.6. The average Bonchev–Trinajstić information content (AvgIpc) is 2.85. The summed E-state index contributed by atoms with van der Waals surface area (Å²) in [6.45, 7) is 4.24. The summed E-state index contributed by atoms with van der Waals surface area (Å²) in [4.78, 5) is 9.10. The minimum atomic E-state index is 0.438. The fourth-order valence-corrected chi connectivity index (χ4v) is 3.08. The Hall–Kier alpha value is -3.74. The van der Waals surface area contributed by atoms with Crippen molar-refractivity contribution < 1.29 is 14.2 Å². The van der Waals surface area contributed by atoms with Crippen molar-refractivity contribution in [3.05, 3.63) is 83.6 Å². The lowest BCUT2D eigenvalue weighted by atomic mass is 10.2. The van der Waals surface area contributed by atoms with E-state index < -0.39 is 0 Å². The van der Waals surface area contributed by atoms with E-state index in [2.05, 4.69) is 15.6 Å². The maximum absolute atomic E-state index is 5.95. The van der Waals surface area contributed by atoms with Crippen LogP contribution in [0.1, 0.15) is 23.6 Å². The minimum absolute atomic E-state index is 0.438. The van der Waals surface area contributed by atoms with Crippen molar-refractivity contribution in [2.75, 3.05) is 20.8 Å². The van der Waals surface area contributed by atoms with Crippen LogP contribution >= 0.6 is 0 Å². The number of nitrogens with one attached hydrogen (secondary N) is 2. The lowest BCUT2D eigenvalue weighted by Crippen LogP contribution is -2.36. The Balaban J connectivity index is 1.66. The van der Waals surface area contributed by atoms with E-state index in [0.29, 0.717) is 31.5 Å². The molecule has 0 spiro atoms. The standard InChI is InChI=1S/C25H30N4O3/c1-4-26-25(28-16-20-12-13-22(30-2)15-23(20)31-3)29-17-21-11-8-14-27-24(21)32-18-19-9-6-5-7-10-19/h5-15H,4,16-18H2,1-3H3,(H2,26,28,29). The highest BCUT2D eigenvalue weighted by molar-refractivity contribution is 5.79. The van der Waals surface area contributed by atoms with Crippen molar-refractivity contribution in [1.29, 1.82) is 0 Å². The van der Waals surface area contributed by atoms with Gasteiger partial charge in [-0.2, -0.15) is 0 Å². The monoisotopic (exact) mass is 434 g/mol. The number of aliphatic imine (C=N–C) groups is 1. The molecule has 0 unspecified atom stereocenters. The molecule has 0 aliphatic rings. The number of nitrogens with zero attached hydrogens (tertiary/aromatic N) is 2. The summed E-state index contributed by atoms with van der Waals surface area (Å²) in [6, 6.07) is 19.7. The molecule has 168 valence electrons. The largest absolute Gasteiger partial charge is 0.497 e. The van der Waals surface area contributed by atoms with Crippen molar-refractivity contribution in [1.82, 2.24) is 15.6 Å². The summed E-state index contributed by atoms with van der Waals surface area (Å²) in [5, 5.41) is 6.63. The van der Waals surface area contributed by atoms with Crippen LogP contribution in [0.15, 0.2) is 71.9 Å². The Morgan fingerprint density at radius 3 is 2.53 bits per heavy atom. The number of benzene rings is 2. The van der Waals surface area contributed by atoms with Crippen LogP contribution < -0.4 is 24.8 Å². The number of aromatic nitrogens is 1. The molecule has 0 aliphatic carbocycles. The Morgan fingerprint density at radius 2 is 1.78 bits per heavy atom. The number of methoxy groups -OCH3 is 2. The van der Waals surface area contributed by atoms with E-state index in [1.165, 1.54) is 0 Å². The molecule has 7 heteroatoms. The molecule has 0 saturated heterocycles. The summed E-state index contributed by atoms with van der Waals surface area (Å²) in [5.74, 6) is 2.80. The van der Waals surface area contributed by atoms with Gasteiger partial charge in [0, 0.05) is 36.5 Å². The lowest BCUT2D eigenvalue weighted by molar-refractivity contribution is 0.290. The van der Waals surface area contributed by atoms with Crippen LogP contribution in [0.4, 0.5) is 0 Å². The van der Waals surface area contributed by atoms with Gasteiger partial charge in [-0.25, -0.2) is 9.98 Å². The van der Waals surface area contributed by atoms with Gasteiger partial charge in [-0.15, -0.1) is 0 Å². The van der Waals surface area contributed by atoms with Crippen LogP contribution in [0.3, 0.4) is 0 Å². The molecule has 0 saturated carbocycles. The molecule has 0 fully saturated rings. The van der Waals surface area contributed by atoms with E-state index in [1.54, 1.807) is 20.4 Å². The Kier molecular flexibility index (Phi) is 8.74. The van der Waals surface area contributed by atoms with Gasteiger partial charge < -0.3 is 24.8 Å². The van der Waals surface area contributed by atoms with E-state index in [1.807, 2.05) is 67.6 Å². The highest BCUT2D eigenvalue weighted by atomic mass is 16.5. The third kappa shape index (κ3) is 6.63. The molecule has 3 aromatic rings. The van der Waals surface area contributed by atoms with Gasteiger partial charge in [-0.05, 0) is 30.7 Å².